The zero-order valence-corrected chi connectivity index (χ0v) is 26.0. The molecule has 0 aromatic heterocycles. The Kier molecular flexibility index (Phi) is 11.3. The molecule has 0 saturated heterocycles. The van der Waals surface area contributed by atoms with E-state index in [1.54, 1.807) is 0 Å². The van der Waals surface area contributed by atoms with Gasteiger partial charge in [0.2, 0.25) is 0 Å². The predicted molar refractivity (Wildman–Crippen MR) is 179 cm³/mol. The minimum atomic E-state index is -0.960. The fraction of sp³-hybridized carbons (Fsp3) is 0.333. The van der Waals surface area contributed by atoms with E-state index in [2.05, 4.69) is 72.9 Å². The average Bonchev–Trinajstić information content (AvgIpc) is 3.38. The van der Waals surface area contributed by atoms with Gasteiger partial charge >= 0.3 is 12.1 Å². The lowest BCUT2D eigenvalue weighted by Gasteiger charge is -2.19. The third kappa shape index (κ3) is 8.75. The minimum absolute atomic E-state index is 0.0522. The van der Waals surface area contributed by atoms with Crippen LogP contribution in [-0.2, 0) is 16.0 Å². The first-order valence-electron chi connectivity index (χ1n) is 16.2. The highest BCUT2D eigenvalue weighted by molar-refractivity contribution is 5.79. The summed E-state index contributed by atoms with van der Waals surface area (Å²) in [6.07, 6.45) is 6.44. The maximum Gasteiger partial charge on any atom is 0.407 e. The number of hydrogen-bond donors (Lipinski definition) is 2. The van der Waals surface area contributed by atoms with Gasteiger partial charge < -0.3 is 19.9 Å². The van der Waals surface area contributed by atoms with Crippen LogP contribution in [0.3, 0.4) is 0 Å². The Labute approximate surface area is 266 Å². The lowest BCUT2D eigenvalue weighted by molar-refractivity contribution is -0.137. The van der Waals surface area contributed by atoms with E-state index < -0.39 is 18.1 Å². The predicted octanol–water partition coefficient (Wildman–Crippen LogP) is 9.02. The first kappa shape index (κ1) is 31.8. The monoisotopic (exact) mass is 605 g/mol. The standard InChI is InChI=1S/C39H43NO5/c1-2-3-4-5-10-25-44-32-23-20-30(21-24-32)29-18-15-28(16-19-29)17-22-31(26-38(41)42)40-39(43)45-27-37-35-13-8-6-11-33(35)34-12-7-9-14-36(34)37/h6-9,11-16,18-21,23-24,31,37H,2-5,10,17,22,25-27H2,1H3,(H,40,43)(H,41,42). The Bertz CT molecular complexity index is 1500. The van der Waals surface area contributed by atoms with Gasteiger partial charge in [-0.2, -0.15) is 0 Å². The molecular formula is C39H43NO5. The van der Waals surface area contributed by atoms with E-state index in [0.717, 1.165) is 57.7 Å². The quantitative estimate of drug-likeness (QED) is 0.125. The van der Waals surface area contributed by atoms with Gasteiger partial charge in [-0.25, -0.2) is 4.79 Å². The van der Waals surface area contributed by atoms with Crippen LogP contribution >= 0.6 is 0 Å². The highest BCUT2D eigenvalue weighted by Crippen LogP contribution is 2.44. The molecule has 6 nitrogen and oxygen atoms in total. The number of carbonyl (C=O) groups excluding carboxylic acids is 1. The Hall–Kier alpha value is -4.58. The molecular weight excluding hydrogens is 562 g/mol. The summed E-state index contributed by atoms with van der Waals surface area (Å²) in [4.78, 5) is 24.4. The molecule has 4 aromatic carbocycles. The van der Waals surface area contributed by atoms with Gasteiger partial charge in [-0.15, -0.1) is 0 Å². The molecule has 0 bridgehead atoms. The van der Waals surface area contributed by atoms with Gasteiger partial charge in [0.15, 0.2) is 0 Å². The van der Waals surface area contributed by atoms with Crippen molar-refractivity contribution in [1.29, 1.82) is 0 Å². The van der Waals surface area contributed by atoms with Gasteiger partial charge in [0.05, 0.1) is 13.0 Å². The van der Waals surface area contributed by atoms with Crippen molar-refractivity contribution in [2.45, 2.75) is 70.3 Å². The maximum atomic E-state index is 12.8. The molecule has 1 amide bonds. The number of aliphatic carboxylic acids is 1. The van der Waals surface area contributed by atoms with Crippen molar-refractivity contribution in [3.8, 4) is 28.0 Å². The van der Waals surface area contributed by atoms with Gasteiger partial charge in [0.25, 0.3) is 0 Å². The largest absolute Gasteiger partial charge is 0.494 e. The fourth-order valence-corrected chi connectivity index (χ4v) is 6.09. The van der Waals surface area contributed by atoms with Crippen LogP contribution in [0, 0.1) is 0 Å². The molecule has 2 N–H and O–H groups in total. The van der Waals surface area contributed by atoms with Crippen molar-refractivity contribution in [3.63, 3.8) is 0 Å². The number of benzene rings is 4. The second-order valence-electron chi connectivity index (χ2n) is 11.8. The van der Waals surface area contributed by atoms with Crippen LogP contribution in [0.2, 0.25) is 0 Å². The molecule has 1 atom stereocenters. The van der Waals surface area contributed by atoms with Gasteiger partial charge in [-0.3, -0.25) is 4.79 Å². The Morgan fingerprint density at radius 1 is 0.778 bits per heavy atom. The number of carboxylic acids is 1. The average molecular weight is 606 g/mol. The molecule has 0 fully saturated rings. The molecule has 0 saturated carbocycles. The molecule has 234 valence electrons. The number of ether oxygens (including phenoxy) is 2. The van der Waals surface area contributed by atoms with E-state index in [1.807, 2.05) is 36.4 Å². The van der Waals surface area contributed by atoms with Crippen molar-refractivity contribution >= 4 is 12.1 Å². The van der Waals surface area contributed by atoms with E-state index in [0.29, 0.717) is 12.8 Å². The highest BCUT2D eigenvalue weighted by atomic mass is 16.5. The number of alkyl carbamates (subject to hydrolysis) is 1. The summed E-state index contributed by atoms with van der Waals surface area (Å²) in [5.41, 5.74) is 7.87. The zero-order valence-electron chi connectivity index (χ0n) is 26.0. The third-order valence-corrected chi connectivity index (χ3v) is 8.53. The minimum Gasteiger partial charge on any atom is -0.494 e. The van der Waals surface area contributed by atoms with Crippen molar-refractivity contribution in [2.75, 3.05) is 13.2 Å². The van der Waals surface area contributed by atoms with Crippen molar-refractivity contribution in [3.05, 3.63) is 114 Å². The van der Waals surface area contributed by atoms with Gasteiger partial charge in [-0.1, -0.05) is 118 Å². The first-order chi connectivity index (χ1) is 22.0. The second kappa shape index (κ2) is 15.9. The molecule has 1 aliphatic carbocycles. The molecule has 0 heterocycles. The van der Waals surface area contributed by atoms with Crippen molar-refractivity contribution in [2.24, 2.45) is 0 Å². The van der Waals surface area contributed by atoms with E-state index in [1.165, 1.54) is 25.7 Å². The fourth-order valence-electron chi connectivity index (χ4n) is 6.09. The van der Waals surface area contributed by atoms with Crippen molar-refractivity contribution < 1.29 is 24.2 Å². The highest BCUT2D eigenvalue weighted by Gasteiger charge is 2.29. The topological polar surface area (TPSA) is 84.9 Å². The Morgan fingerprint density at radius 2 is 1.38 bits per heavy atom. The number of amides is 1. The molecule has 1 aliphatic rings. The van der Waals surface area contributed by atoms with Crippen LogP contribution < -0.4 is 10.1 Å². The SMILES string of the molecule is CCCCCCCOc1ccc(-c2ccc(CCC(CC(=O)O)NC(=O)OCC3c4ccccc4-c4ccccc43)cc2)cc1. The van der Waals surface area contributed by atoms with Gasteiger partial charge in [-0.05, 0) is 70.3 Å². The van der Waals surface area contributed by atoms with Crippen LogP contribution in [0.25, 0.3) is 22.3 Å². The summed E-state index contributed by atoms with van der Waals surface area (Å²) in [6.45, 7) is 3.16. The maximum absolute atomic E-state index is 12.8. The molecule has 0 radical (unpaired) electrons. The molecule has 0 aliphatic heterocycles. The Morgan fingerprint density at radius 3 is 2.00 bits per heavy atom. The molecule has 5 rings (SSSR count). The van der Waals surface area contributed by atoms with Crippen LogP contribution in [0.1, 0.15) is 74.5 Å². The number of carboxylic acid groups (broad SMARTS) is 1. The zero-order chi connectivity index (χ0) is 31.4. The summed E-state index contributed by atoms with van der Waals surface area (Å²) in [6, 6.07) is 32.2. The van der Waals surface area contributed by atoms with E-state index in [-0.39, 0.29) is 18.9 Å². The number of fused-ring (bicyclic) bond motifs is 3. The molecule has 4 aromatic rings. The number of hydrogen-bond acceptors (Lipinski definition) is 4. The number of carbonyl (C=O) groups is 2. The number of unbranched alkanes of at least 4 members (excludes halogenated alkanes) is 4. The van der Waals surface area contributed by atoms with E-state index >= 15 is 0 Å². The van der Waals surface area contributed by atoms with Crippen LogP contribution in [-0.4, -0.2) is 36.4 Å². The van der Waals surface area contributed by atoms with Crippen molar-refractivity contribution in [1.82, 2.24) is 5.32 Å². The third-order valence-electron chi connectivity index (χ3n) is 8.53. The van der Waals surface area contributed by atoms with Crippen LogP contribution in [0.5, 0.6) is 5.75 Å². The van der Waals surface area contributed by atoms with Gasteiger partial charge in [0, 0.05) is 12.0 Å². The lowest BCUT2D eigenvalue weighted by atomic mass is 9.98. The first-order valence-corrected chi connectivity index (χ1v) is 16.2. The number of aryl methyl sites for hydroxylation is 1. The van der Waals surface area contributed by atoms with Crippen LogP contribution in [0.15, 0.2) is 97.1 Å². The summed E-state index contributed by atoms with van der Waals surface area (Å²) in [5, 5.41) is 12.3. The smallest absolute Gasteiger partial charge is 0.407 e. The van der Waals surface area contributed by atoms with E-state index in [4.69, 9.17) is 9.47 Å². The number of nitrogens with one attached hydrogen (secondary N) is 1. The summed E-state index contributed by atoms with van der Waals surface area (Å²) in [5.74, 6) is -0.124. The summed E-state index contributed by atoms with van der Waals surface area (Å²) >= 11 is 0. The molecule has 1 unspecified atom stereocenters. The lowest BCUT2D eigenvalue weighted by Crippen LogP contribution is -2.37. The Balaban J connectivity index is 1.11. The molecule has 45 heavy (non-hydrogen) atoms. The second-order valence-corrected chi connectivity index (χ2v) is 11.8. The van der Waals surface area contributed by atoms with Crippen LogP contribution in [0.4, 0.5) is 4.79 Å². The summed E-state index contributed by atoms with van der Waals surface area (Å²) in [7, 11) is 0. The normalized spacial score (nSPS) is 12.6. The van der Waals surface area contributed by atoms with E-state index in [9.17, 15) is 14.7 Å². The summed E-state index contributed by atoms with van der Waals surface area (Å²) < 4.78 is 11.6. The molecule has 6 heteroatoms. The molecule has 0 spiro atoms. The number of rotatable bonds is 16. The van der Waals surface area contributed by atoms with Gasteiger partial charge in [0.1, 0.15) is 12.4 Å².